The smallest absolute Gasteiger partial charge is 0.408 e. The number of ether oxygens (including phenoxy) is 2. The molecule has 5 nitrogen and oxygen atoms in total. The van der Waals surface area contributed by atoms with Gasteiger partial charge in [-0.05, 0) is 52.9 Å². The van der Waals surface area contributed by atoms with Crippen molar-refractivity contribution in [3.63, 3.8) is 0 Å². The number of alkyl carbamates (subject to hydrolysis) is 1. The Balaban J connectivity index is 5.09. The van der Waals surface area contributed by atoms with Crippen LogP contribution in [0, 0.1) is 5.41 Å². The summed E-state index contributed by atoms with van der Waals surface area (Å²) in [5.41, 5.74) is -2.09. The van der Waals surface area contributed by atoms with E-state index in [1.165, 1.54) is 0 Å². The maximum atomic E-state index is 13.1. The highest BCUT2D eigenvalue weighted by molar-refractivity contribution is 5.81. The van der Waals surface area contributed by atoms with E-state index in [4.69, 9.17) is 9.47 Å². The van der Waals surface area contributed by atoms with Crippen molar-refractivity contribution in [1.82, 2.24) is 5.32 Å². The van der Waals surface area contributed by atoms with Crippen LogP contribution in [0.15, 0.2) is 0 Å². The first-order valence-electron chi connectivity index (χ1n) is 8.00. The van der Waals surface area contributed by atoms with Crippen molar-refractivity contribution in [2.24, 2.45) is 5.41 Å². The number of hydrogen-bond donors (Lipinski definition) is 1. The van der Waals surface area contributed by atoms with Gasteiger partial charge in [-0.15, -0.1) is 0 Å². The van der Waals surface area contributed by atoms with E-state index in [0.717, 1.165) is 0 Å². The Labute approximate surface area is 139 Å². The fourth-order valence-corrected chi connectivity index (χ4v) is 1.67. The van der Waals surface area contributed by atoms with E-state index in [9.17, 15) is 14.0 Å². The van der Waals surface area contributed by atoms with Gasteiger partial charge in [0.1, 0.15) is 17.2 Å². The third-order valence-electron chi connectivity index (χ3n) is 3.32. The molecule has 0 bridgehead atoms. The van der Waals surface area contributed by atoms with Crippen LogP contribution < -0.4 is 5.32 Å². The molecular formula is C17H32FNO4. The van der Waals surface area contributed by atoms with Gasteiger partial charge in [0, 0.05) is 0 Å². The van der Waals surface area contributed by atoms with Crippen molar-refractivity contribution >= 4 is 12.1 Å². The van der Waals surface area contributed by atoms with Crippen LogP contribution in [0.5, 0.6) is 0 Å². The van der Waals surface area contributed by atoms with E-state index in [2.05, 4.69) is 5.32 Å². The van der Waals surface area contributed by atoms with Crippen molar-refractivity contribution in [3.8, 4) is 0 Å². The van der Waals surface area contributed by atoms with Crippen molar-refractivity contribution in [3.05, 3.63) is 0 Å². The molecule has 0 aromatic heterocycles. The Morgan fingerprint density at radius 3 is 1.96 bits per heavy atom. The molecule has 0 aromatic rings. The van der Waals surface area contributed by atoms with E-state index in [0.29, 0.717) is 6.42 Å². The Morgan fingerprint density at radius 1 is 1.04 bits per heavy atom. The summed E-state index contributed by atoms with van der Waals surface area (Å²) in [6, 6.07) is -0.957. The lowest BCUT2D eigenvalue weighted by Crippen LogP contribution is -2.48. The Hall–Kier alpha value is -1.33. The fourth-order valence-electron chi connectivity index (χ4n) is 1.67. The zero-order valence-corrected chi connectivity index (χ0v) is 15.7. The molecule has 0 rings (SSSR count). The van der Waals surface area contributed by atoms with Crippen molar-refractivity contribution in [2.75, 3.05) is 6.67 Å². The Morgan fingerprint density at radius 2 is 1.57 bits per heavy atom. The van der Waals surface area contributed by atoms with Gasteiger partial charge in [-0.2, -0.15) is 0 Å². The number of halogens is 1. The molecule has 0 saturated carbocycles. The van der Waals surface area contributed by atoms with Crippen LogP contribution in [-0.2, 0) is 14.3 Å². The third-order valence-corrected chi connectivity index (χ3v) is 3.32. The third kappa shape index (κ3) is 9.41. The molecule has 0 aliphatic rings. The van der Waals surface area contributed by atoms with Gasteiger partial charge in [-0.1, -0.05) is 20.8 Å². The molecule has 136 valence electrons. The molecule has 0 saturated heterocycles. The van der Waals surface area contributed by atoms with Crippen LogP contribution in [0.1, 0.15) is 68.2 Å². The van der Waals surface area contributed by atoms with Crippen LogP contribution in [0.2, 0.25) is 0 Å². The van der Waals surface area contributed by atoms with Crippen molar-refractivity contribution in [1.29, 1.82) is 0 Å². The number of rotatable bonds is 7. The van der Waals surface area contributed by atoms with E-state index in [1.807, 2.05) is 6.92 Å². The fraction of sp³-hybridized carbons (Fsp3) is 0.882. The van der Waals surface area contributed by atoms with Crippen LogP contribution in [0.25, 0.3) is 0 Å². The van der Waals surface area contributed by atoms with Gasteiger partial charge in [0.15, 0.2) is 0 Å². The van der Waals surface area contributed by atoms with Crippen LogP contribution in [-0.4, -0.2) is 36.0 Å². The van der Waals surface area contributed by atoms with Gasteiger partial charge < -0.3 is 14.8 Å². The molecule has 6 heteroatoms. The molecule has 0 aromatic carbocycles. The minimum Gasteiger partial charge on any atom is -0.458 e. The summed E-state index contributed by atoms with van der Waals surface area (Å²) in [7, 11) is 0. The van der Waals surface area contributed by atoms with Crippen molar-refractivity contribution < 1.29 is 23.5 Å². The van der Waals surface area contributed by atoms with E-state index >= 15 is 0 Å². The molecule has 23 heavy (non-hydrogen) atoms. The van der Waals surface area contributed by atoms with Crippen molar-refractivity contribution in [2.45, 2.75) is 85.5 Å². The zero-order chi connectivity index (χ0) is 18.5. The highest BCUT2D eigenvalue weighted by atomic mass is 19.1. The standard InChI is InChI=1S/C17H32FNO4/c1-9-17(7,8)22-13(20)12(10-16(5,6)11-18)19-14(21)23-15(2,3)4/h12H,9-11H2,1-8H3,(H,19,21). The topological polar surface area (TPSA) is 64.6 Å². The highest BCUT2D eigenvalue weighted by Gasteiger charge is 2.34. The minimum atomic E-state index is -0.957. The SMILES string of the molecule is CCC(C)(C)OC(=O)C(CC(C)(C)CF)NC(=O)OC(C)(C)C. The molecule has 1 unspecified atom stereocenters. The lowest BCUT2D eigenvalue weighted by atomic mass is 9.87. The van der Waals surface area contributed by atoms with Crippen LogP contribution in [0.4, 0.5) is 9.18 Å². The van der Waals surface area contributed by atoms with E-state index in [-0.39, 0.29) is 6.42 Å². The monoisotopic (exact) mass is 333 g/mol. The lowest BCUT2D eigenvalue weighted by molar-refractivity contribution is -0.160. The number of esters is 1. The highest BCUT2D eigenvalue weighted by Crippen LogP contribution is 2.25. The molecule has 0 aliphatic carbocycles. The second-order valence-corrected chi connectivity index (χ2v) is 8.24. The Kier molecular flexibility index (Phi) is 7.51. The van der Waals surface area contributed by atoms with Gasteiger partial charge in [0.2, 0.25) is 0 Å². The average Bonchev–Trinajstić information content (AvgIpc) is 2.35. The average molecular weight is 333 g/mol. The summed E-state index contributed by atoms with van der Waals surface area (Å²) in [5.74, 6) is -0.579. The molecule has 1 amide bonds. The molecule has 1 N–H and O–H groups in total. The van der Waals surface area contributed by atoms with Gasteiger partial charge in [-0.3, -0.25) is 4.39 Å². The summed E-state index contributed by atoms with van der Waals surface area (Å²) in [4.78, 5) is 24.3. The molecule has 0 radical (unpaired) electrons. The van der Waals surface area contributed by atoms with Gasteiger partial charge in [-0.25, -0.2) is 9.59 Å². The first-order valence-corrected chi connectivity index (χ1v) is 8.00. The number of amides is 1. The second-order valence-electron chi connectivity index (χ2n) is 8.24. The largest absolute Gasteiger partial charge is 0.458 e. The summed E-state index contributed by atoms with van der Waals surface area (Å²) in [5, 5.41) is 2.51. The number of nitrogens with one attached hydrogen (secondary N) is 1. The molecule has 0 spiro atoms. The first-order chi connectivity index (χ1) is 10.2. The lowest BCUT2D eigenvalue weighted by Gasteiger charge is -2.31. The summed E-state index contributed by atoms with van der Waals surface area (Å²) in [6.45, 7) is 13.4. The predicted molar refractivity (Wildman–Crippen MR) is 88.0 cm³/mol. The van der Waals surface area contributed by atoms with E-state index in [1.54, 1.807) is 48.5 Å². The Bertz CT molecular complexity index is 413. The van der Waals surface area contributed by atoms with Crippen LogP contribution in [0.3, 0.4) is 0 Å². The number of hydrogen-bond acceptors (Lipinski definition) is 4. The summed E-state index contributed by atoms with van der Waals surface area (Å²) in [6.07, 6.45) is 0.0367. The normalized spacial score (nSPS) is 14.1. The maximum Gasteiger partial charge on any atom is 0.408 e. The molecule has 0 fully saturated rings. The minimum absolute atomic E-state index is 0.126. The molecular weight excluding hydrogens is 301 g/mol. The second kappa shape index (κ2) is 7.97. The molecule has 0 aliphatic heterocycles. The number of carbonyl (C=O) groups excluding carboxylic acids is 2. The molecule has 1 atom stereocenters. The summed E-state index contributed by atoms with van der Waals surface area (Å²) < 4.78 is 23.7. The molecule has 0 heterocycles. The first kappa shape index (κ1) is 21.7. The maximum absolute atomic E-state index is 13.1. The predicted octanol–water partition coefficient (Wildman–Crippen LogP) is 4.00. The van der Waals surface area contributed by atoms with Gasteiger partial charge >= 0.3 is 12.1 Å². The van der Waals surface area contributed by atoms with Gasteiger partial charge in [0.25, 0.3) is 0 Å². The number of alkyl halides is 1. The van der Waals surface area contributed by atoms with E-state index < -0.39 is 41.4 Å². The quantitative estimate of drug-likeness (QED) is 0.715. The zero-order valence-electron chi connectivity index (χ0n) is 15.7. The number of carbonyl (C=O) groups is 2. The van der Waals surface area contributed by atoms with Crippen LogP contribution >= 0.6 is 0 Å². The summed E-state index contributed by atoms with van der Waals surface area (Å²) >= 11 is 0. The van der Waals surface area contributed by atoms with Gasteiger partial charge in [0.05, 0.1) is 6.67 Å².